The smallest absolute Gasteiger partial charge is 0.264 e. The van der Waals surface area contributed by atoms with Crippen LogP contribution < -0.4 is 9.62 Å². The third kappa shape index (κ3) is 6.39. The standard InChI is InChI=1S/C27H31ClN2O3S/c1-19(2)16-26(22-8-6-5-7-9-22)29-27(31)18-30(23-13-12-21(4)25(28)17-23)34(32,33)24-14-10-20(3)11-15-24/h5-15,17,19,26H,16,18H2,1-4H3,(H,29,31). The Bertz CT molecular complexity index is 1230. The Labute approximate surface area is 207 Å². The summed E-state index contributed by atoms with van der Waals surface area (Å²) in [4.78, 5) is 13.3. The molecule has 0 fully saturated rings. The van der Waals surface area contributed by atoms with Crippen molar-refractivity contribution in [3.05, 3.63) is 94.5 Å². The topological polar surface area (TPSA) is 66.5 Å². The Morgan fingerprint density at radius 3 is 2.21 bits per heavy atom. The molecule has 0 aromatic heterocycles. The first kappa shape index (κ1) is 25.8. The lowest BCUT2D eigenvalue weighted by atomic mass is 9.97. The second kappa shape index (κ2) is 11.1. The van der Waals surface area contributed by atoms with Gasteiger partial charge in [0.25, 0.3) is 10.0 Å². The largest absolute Gasteiger partial charge is 0.348 e. The van der Waals surface area contributed by atoms with Crippen molar-refractivity contribution < 1.29 is 13.2 Å². The molecule has 1 amide bonds. The normalized spacial score (nSPS) is 12.4. The van der Waals surface area contributed by atoms with Crippen LogP contribution in [-0.2, 0) is 14.8 Å². The molecule has 3 aromatic carbocycles. The highest BCUT2D eigenvalue weighted by Gasteiger charge is 2.28. The van der Waals surface area contributed by atoms with Crippen molar-refractivity contribution in [3.8, 4) is 0 Å². The molecule has 5 nitrogen and oxygen atoms in total. The van der Waals surface area contributed by atoms with Crippen LogP contribution in [0.2, 0.25) is 5.02 Å². The number of hydrogen-bond donors (Lipinski definition) is 1. The zero-order chi connectivity index (χ0) is 24.9. The summed E-state index contributed by atoms with van der Waals surface area (Å²) in [5.41, 5.74) is 3.09. The fourth-order valence-electron chi connectivity index (χ4n) is 3.69. The Kier molecular flexibility index (Phi) is 8.39. The molecule has 0 aliphatic carbocycles. The summed E-state index contributed by atoms with van der Waals surface area (Å²) in [6.07, 6.45) is 0.733. The molecular weight excluding hydrogens is 468 g/mol. The maximum Gasteiger partial charge on any atom is 0.264 e. The van der Waals surface area contributed by atoms with E-state index in [2.05, 4.69) is 19.2 Å². The molecule has 0 heterocycles. The van der Waals surface area contributed by atoms with Crippen LogP contribution in [-0.4, -0.2) is 20.9 Å². The third-order valence-electron chi connectivity index (χ3n) is 5.58. The molecule has 1 unspecified atom stereocenters. The number of nitrogens with zero attached hydrogens (tertiary/aromatic N) is 1. The van der Waals surface area contributed by atoms with Crippen LogP contribution in [0, 0.1) is 19.8 Å². The maximum atomic E-state index is 13.6. The fraction of sp³-hybridized carbons (Fsp3) is 0.296. The van der Waals surface area contributed by atoms with E-state index in [0.29, 0.717) is 16.6 Å². The molecule has 34 heavy (non-hydrogen) atoms. The maximum absolute atomic E-state index is 13.6. The number of benzene rings is 3. The van der Waals surface area contributed by atoms with E-state index in [-0.39, 0.29) is 23.4 Å². The van der Waals surface area contributed by atoms with E-state index in [1.54, 1.807) is 42.5 Å². The highest BCUT2D eigenvalue weighted by Crippen LogP contribution is 2.28. The number of anilines is 1. The van der Waals surface area contributed by atoms with Crippen LogP contribution in [0.1, 0.15) is 43.0 Å². The Hall–Kier alpha value is -2.83. The number of sulfonamides is 1. The van der Waals surface area contributed by atoms with Crippen LogP contribution in [0.25, 0.3) is 0 Å². The molecule has 0 aliphatic heterocycles. The molecule has 7 heteroatoms. The SMILES string of the molecule is Cc1ccc(S(=O)(=O)N(CC(=O)NC(CC(C)C)c2ccccc2)c2ccc(C)c(Cl)c2)cc1. The van der Waals surface area contributed by atoms with Gasteiger partial charge in [-0.3, -0.25) is 9.10 Å². The summed E-state index contributed by atoms with van der Waals surface area (Å²) in [7, 11) is -4.01. The van der Waals surface area contributed by atoms with E-state index >= 15 is 0 Å². The summed E-state index contributed by atoms with van der Waals surface area (Å²) in [6, 6.07) is 21.1. The fourth-order valence-corrected chi connectivity index (χ4v) is 5.28. The lowest BCUT2D eigenvalue weighted by Gasteiger charge is -2.27. The van der Waals surface area contributed by atoms with Crippen molar-refractivity contribution in [2.45, 2.75) is 45.1 Å². The zero-order valence-corrected chi connectivity index (χ0v) is 21.5. The minimum Gasteiger partial charge on any atom is -0.348 e. The first-order valence-electron chi connectivity index (χ1n) is 11.3. The number of nitrogens with one attached hydrogen (secondary N) is 1. The van der Waals surface area contributed by atoms with Crippen molar-refractivity contribution in [1.29, 1.82) is 0 Å². The molecule has 0 saturated carbocycles. The Morgan fingerprint density at radius 1 is 0.971 bits per heavy atom. The highest BCUT2D eigenvalue weighted by atomic mass is 35.5. The predicted molar refractivity (Wildman–Crippen MR) is 139 cm³/mol. The van der Waals surface area contributed by atoms with Crippen LogP contribution in [0.4, 0.5) is 5.69 Å². The van der Waals surface area contributed by atoms with Crippen molar-refractivity contribution >= 4 is 33.2 Å². The number of rotatable bonds is 9. The van der Waals surface area contributed by atoms with Gasteiger partial charge in [0.1, 0.15) is 6.54 Å². The molecule has 0 bridgehead atoms. The molecule has 0 aliphatic rings. The predicted octanol–water partition coefficient (Wildman–Crippen LogP) is 6.06. The van der Waals surface area contributed by atoms with Crippen LogP contribution in [0.15, 0.2) is 77.7 Å². The van der Waals surface area contributed by atoms with Gasteiger partial charge in [-0.15, -0.1) is 0 Å². The van der Waals surface area contributed by atoms with Gasteiger partial charge in [0, 0.05) is 5.02 Å². The molecule has 0 radical (unpaired) electrons. The summed E-state index contributed by atoms with van der Waals surface area (Å²) >= 11 is 6.31. The number of carbonyl (C=O) groups excluding carboxylic acids is 1. The van der Waals surface area contributed by atoms with E-state index in [0.717, 1.165) is 27.4 Å². The lowest BCUT2D eigenvalue weighted by Crippen LogP contribution is -2.42. The lowest BCUT2D eigenvalue weighted by molar-refractivity contribution is -0.120. The molecule has 3 rings (SSSR count). The van der Waals surface area contributed by atoms with Gasteiger partial charge in [-0.25, -0.2) is 8.42 Å². The molecular formula is C27H31ClN2O3S. The van der Waals surface area contributed by atoms with Crippen molar-refractivity contribution in [3.63, 3.8) is 0 Å². The van der Waals surface area contributed by atoms with Gasteiger partial charge in [0.2, 0.25) is 5.91 Å². The number of carbonyl (C=O) groups is 1. The molecule has 3 aromatic rings. The van der Waals surface area contributed by atoms with Crippen molar-refractivity contribution in [2.24, 2.45) is 5.92 Å². The van der Waals surface area contributed by atoms with Crippen LogP contribution >= 0.6 is 11.6 Å². The average molecular weight is 499 g/mol. The van der Waals surface area contributed by atoms with Gasteiger partial charge in [-0.1, -0.05) is 79.5 Å². The number of amides is 1. The first-order valence-corrected chi connectivity index (χ1v) is 13.1. The van der Waals surface area contributed by atoms with Gasteiger partial charge < -0.3 is 5.32 Å². The summed E-state index contributed by atoms with van der Waals surface area (Å²) in [5, 5.41) is 3.48. The first-order chi connectivity index (χ1) is 16.1. The van der Waals surface area contributed by atoms with E-state index in [1.165, 1.54) is 0 Å². The minimum atomic E-state index is -4.01. The van der Waals surface area contributed by atoms with Gasteiger partial charge in [0.15, 0.2) is 0 Å². The minimum absolute atomic E-state index is 0.115. The monoisotopic (exact) mass is 498 g/mol. The number of hydrogen-bond acceptors (Lipinski definition) is 3. The quantitative estimate of drug-likeness (QED) is 0.390. The summed E-state index contributed by atoms with van der Waals surface area (Å²) < 4.78 is 28.3. The van der Waals surface area contributed by atoms with Gasteiger partial charge in [-0.05, 0) is 61.6 Å². The molecule has 0 spiro atoms. The van der Waals surface area contributed by atoms with Crippen molar-refractivity contribution in [1.82, 2.24) is 5.32 Å². The molecule has 0 saturated heterocycles. The second-order valence-corrected chi connectivity index (χ2v) is 11.2. The molecule has 180 valence electrons. The van der Waals surface area contributed by atoms with Crippen molar-refractivity contribution in [2.75, 3.05) is 10.8 Å². The number of halogens is 1. The van der Waals surface area contributed by atoms with E-state index in [1.807, 2.05) is 44.2 Å². The molecule has 1 N–H and O–H groups in total. The van der Waals surface area contributed by atoms with E-state index in [9.17, 15) is 13.2 Å². The van der Waals surface area contributed by atoms with E-state index < -0.39 is 10.0 Å². The van der Waals surface area contributed by atoms with Crippen LogP contribution in [0.5, 0.6) is 0 Å². The highest BCUT2D eigenvalue weighted by molar-refractivity contribution is 7.92. The Balaban J connectivity index is 1.95. The third-order valence-corrected chi connectivity index (χ3v) is 7.78. The Morgan fingerprint density at radius 2 is 1.62 bits per heavy atom. The van der Waals surface area contributed by atoms with Gasteiger partial charge in [-0.2, -0.15) is 0 Å². The summed E-state index contributed by atoms with van der Waals surface area (Å²) in [5.74, 6) is -0.0457. The average Bonchev–Trinajstić information content (AvgIpc) is 2.79. The van der Waals surface area contributed by atoms with Gasteiger partial charge >= 0.3 is 0 Å². The van der Waals surface area contributed by atoms with Gasteiger partial charge in [0.05, 0.1) is 16.6 Å². The second-order valence-electron chi connectivity index (χ2n) is 8.92. The summed E-state index contributed by atoms with van der Waals surface area (Å²) in [6.45, 7) is 7.54. The van der Waals surface area contributed by atoms with Crippen LogP contribution in [0.3, 0.4) is 0 Å². The number of aryl methyl sites for hydroxylation is 2. The molecule has 1 atom stereocenters. The van der Waals surface area contributed by atoms with E-state index in [4.69, 9.17) is 11.6 Å². The zero-order valence-electron chi connectivity index (χ0n) is 20.0.